The van der Waals surface area contributed by atoms with Crippen LogP contribution in [0, 0.1) is 30.1 Å². The van der Waals surface area contributed by atoms with Crippen LogP contribution in [0.2, 0.25) is 0 Å². The van der Waals surface area contributed by atoms with Gasteiger partial charge in [0.2, 0.25) is 5.91 Å². The Morgan fingerprint density at radius 1 is 0.871 bits per heavy atom. The van der Waals surface area contributed by atoms with Crippen molar-refractivity contribution in [3.05, 3.63) is 11.9 Å². The minimum Gasteiger partial charge on any atom is -0.356 e. The summed E-state index contributed by atoms with van der Waals surface area (Å²) in [5.74, 6) is 6.12. The molecular weight excluding hydrogens is 386 g/mol. The lowest BCUT2D eigenvalue weighted by Gasteiger charge is -2.57. The summed E-state index contributed by atoms with van der Waals surface area (Å²) < 4.78 is 0. The van der Waals surface area contributed by atoms with Crippen molar-refractivity contribution >= 4 is 17.5 Å². The van der Waals surface area contributed by atoms with Crippen LogP contribution >= 0.6 is 0 Å². The summed E-state index contributed by atoms with van der Waals surface area (Å²) in [7, 11) is 0. The summed E-state index contributed by atoms with van der Waals surface area (Å²) in [5.41, 5.74) is 0.345. The van der Waals surface area contributed by atoms with E-state index in [0.29, 0.717) is 11.3 Å². The van der Waals surface area contributed by atoms with Crippen molar-refractivity contribution in [2.45, 2.75) is 64.7 Å². The summed E-state index contributed by atoms with van der Waals surface area (Å²) in [4.78, 5) is 29.6. The average molecular weight is 424 g/mol. The van der Waals surface area contributed by atoms with Crippen molar-refractivity contribution in [1.29, 1.82) is 0 Å². The molecule has 6 nitrogen and oxygen atoms in total. The molecule has 0 atom stereocenters. The zero-order valence-electron chi connectivity index (χ0n) is 19.1. The molecule has 168 valence electrons. The van der Waals surface area contributed by atoms with E-state index >= 15 is 0 Å². The maximum absolute atomic E-state index is 13.3. The van der Waals surface area contributed by atoms with Crippen LogP contribution < -0.4 is 9.80 Å². The summed E-state index contributed by atoms with van der Waals surface area (Å²) >= 11 is 0. The van der Waals surface area contributed by atoms with Gasteiger partial charge in [-0.15, -0.1) is 0 Å². The molecule has 2 saturated heterocycles. The number of aryl methyl sites for hydroxylation is 1. The maximum atomic E-state index is 13.3. The number of anilines is 2. The van der Waals surface area contributed by atoms with E-state index in [1.807, 2.05) is 6.92 Å². The van der Waals surface area contributed by atoms with E-state index in [2.05, 4.69) is 25.8 Å². The smallest absolute Gasteiger partial charge is 0.223 e. The molecule has 6 fully saturated rings. The molecule has 1 aromatic heterocycles. The van der Waals surface area contributed by atoms with Crippen LogP contribution in [0.25, 0.3) is 0 Å². The minimum absolute atomic E-state index is 0.345. The molecule has 4 aliphatic carbocycles. The SMILES string of the molecule is Cc1nc(N2CCCC2)cc(N2CCN(C(=O)CC34CC5CC(CC(C5)C3)C4)CC2)n1. The Labute approximate surface area is 186 Å². The number of hydrogen-bond donors (Lipinski definition) is 0. The van der Waals surface area contributed by atoms with Gasteiger partial charge in [-0.1, -0.05) is 0 Å². The lowest BCUT2D eigenvalue weighted by molar-refractivity contribution is -0.139. The van der Waals surface area contributed by atoms with Gasteiger partial charge in [0.15, 0.2) is 0 Å². The molecule has 31 heavy (non-hydrogen) atoms. The Morgan fingerprint density at radius 3 is 1.94 bits per heavy atom. The van der Waals surface area contributed by atoms with Gasteiger partial charge in [-0.2, -0.15) is 0 Å². The molecule has 0 N–H and O–H groups in total. The van der Waals surface area contributed by atoms with E-state index in [1.54, 1.807) is 0 Å². The first-order chi connectivity index (χ1) is 15.1. The number of nitrogens with zero attached hydrogens (tertiary/aromatic N) is 5. The highest BCUT2D eigenvalue weighted by atomic mass is 16.2. The average Bonchev–Trinajstić information content (AvgIpc) is 3.27. The normalized spacial score (nSPS) is 34.6. The predicted octanol–water partition coefficient (Wildman–Crippen LogP) is 3.64. The molecule has 1 aromatic rings. The fourth-order valence-corrected chi connectivity index (χ4v) is 7.93. The second-order valence-electron chi connectivity index (χ2n) is 11.3. The third-order valence-electron chi connectivity index (χ3n) is 8.89. The van der Waals surface area contributed by atoms with Crippen molar-refractivity contribution in [3.8, 4) is 0 Å². The highest BCUT2D eigenvalue weighted by Crippen LogP contribution is 2.61. The second-order valence-corrected chi connectivity index (χ2v) is 11.3. The van der Waals surface area contributed by atoms with E-state index in [0.717, 1.165) is 80.9 Å². The zero-order valence-corrected chi connectivity index (χ0v) is 19.1. The number of piperazine rings is 1. The van der Waals surface area contributed by atoms with Crippen LogP contribution in [0.3, 0.4) is 0 Å². The van der Waals surface area contributed by atoms with Crippen LogP contribution in [0.1, 0.15) is 63.6 Å². The standard InChI is InChI=1S/C25H37N5O/c1-18-26-22(28-4-2-3-5-28)13-23(27-18)29-6-8-30(9-7-29)24(31)17-25-14-19-10-20(15-25)12-21(11-19)16-25/h13,19-21H,2-12,14-17H2,1H3. The topological polar surface area (TPSA) is 52.6 Å². The van der Waals surface area contributed by atoms with Gasteiger partial charge in [-0.05, 0) is 81.5 Å². The Morgan fingerprint density at radius 2 is 1.39 bits per heavy atom. The molecular formula is C25H37N5O. The van der Waals surface area contributed by atoms with E-state index in [4.69, 9.17) is 4.98 Å². The highest BCUT2D eigenvalue weighted by molar-refractivity contribution is 5.77. The van der Waals surface area contributed by atoms with E-state index in [1.165, 1.54) is 51.4 Å². The Bertz CT molecular complexity index is 805. The number of hydrogen-bond acceptors (Lipinski definition) is 5. The zero-order chi connectivity index (χ0) is 21.0. The fraction of sp³-hybridized carbons (Fsp3) is 0.800. The lowest BCUT2D eigenvalue weighted by atomic mass is 9.49. The number of carbonyl (C=O) groups excluding carboxylic acids is 1. The molecule has 4 saturated carbocycles. The molecule has 0 unspecified atom stereocenters. The van der Waals surface area contributed by atoms with Gasteiger partial charge in [0.05, 0.1) is 0 Å². The van der Waals surface area contributed by atoms with Gasteiger partial charge in [0.25, 0.3) is 0 Å². The third-order valence-corrected chi connectivity index (χ3v) is 8.89. The molecule has 0 aromatic carbocycles. The van der Waals surface area contributed by atoms with Gasteiger partial charge in [0.1, 0.15) is 17.5 Å². The monoisotopic (exact) mass is 423 g/mol. The Balaban J connectivity index is 1.08. The van der Waals surface area contributed by atoms with Gasteiger partial charge >= 0.3 is 0 Å². The Hall–Kier alpha value is -1.85. The van der Waals surface area contributed by atoms with Crippen molar-refractivity contribution in [1.82, 2.24) is 14.9 Å². The van der Waals surface area contributed by atoms with Crippen LogP contribution in [-0.4, -0.2) is 60.0 Å². The van der Waals surface area contributed by atoms with Crippen LogP contribution in [0.5, 0.6) is 0 Å². The number of aromatic nitrogens is 2. The first-order valence-electron chi connectivity index (χ1n) is 12.7. The second kappa shape index (κ2) is 7.63. The number of rotatable bonds is 4. The number of carbonyl (C=O) groups is 1. The highest BCUT2D eigenvalue weighted by Gasteiger charge is 2.51. The van der Waals surface area contributed by atoms with Crippen molar-refractivity contribution in [2.24, 2.45) is 23.2 Å². The predicted molar refractivity (Wildman–Crippen MR) is 122 cm³/mol. The summed E-state index contributed by atoms with van der Waals surface area (Å²) in [6.45, 7) is 7.60. The Kier molecular flexibility index (Phi) is 4.87. The van der Waals surface area contributed by atoms with E-state index in [9.17, 15) is 4.79 Å². The maximum Gasteiger partial charge on any atom is 0.223 e. The van der Waals surface area contributed by atoms with Crippen molar-refractivity contribution < 1.29 is 4.79 Å². The summed E-state index contributed by atoms with van der Waals surface area (Å²) in [5, 5.41) is 0. The fourth-order valence-electron chi connectivity index (χ4n) is 7.93. The van der Waals surface area contributed by atoms with Gasteiger partial charge in [-0.3, -0.25) is 4.79 Å². The molecule has 3 heterocycles. The van der Waals surface area contributed by atoms with Gasteiger partial charge in [-0.25, -0.2) is 9.97 Å². The van der Waals surface area contributed by atoms with E-state index < -0.39 is 0 Å². The van der Waals surface area contributed by atoms with Crippen LogP contribution in [-0.2, 0) is 4.79 Å². The van der Waals surface area contributed by atoms with E-state index in [-0.39, 0.29) is 0 Å². The molecule has 6 heteroatoms. The van der Waals surface area contributed by atoms with Gasteiger partial charge < -0.3 is 14.7 Å². The molecule has 7 rings (SSSR count). The molecule has 4 bridgehead atoms. The third kappa shape index (κ3) is 3.80. The summed E-state index contributed by atoms with van der Waals surface area (Å²) in [6.07, 6.45) is 11.6. The van der Waals surface area contributed by atoms with Crippen molar-refractivity contribution in [3.63, 3.8) is 0 Å². The summed E-state index contributed by atoms with van der Waals surface area (Å²) in [6, 6.07) is 2.16. The molecule has 0 radical (unpaired) electrons. The molecule has 2 aliphatic heterocycles. The van der Waals surface area contributed by atoms with Crippen LogP contribution in [0.4, 0.5) is 11.6 Å². The largest absolute Gasteiger partial charge is 0.356 e. The molecule has 6 aliphatic rings. The molecule has 1 amide bonds. The molecule has 0 spiro atoms. The minimum atomic E-state index is 0.345. The van der Waals surface area contributed by atoms with Gasteiger partial charge in [0, 0.05) is 51.8 Å². The first kappa shape index (κ1) is 19.8. The van der Waals surface area contributed by atoms with Crippen molar-refractivity contribution in [2.75, 3.05) is 49.1 Å². The first-order valence-corrected chi connectivity index (χ1v) is 12.7. The quantitative estimate of drug-likeness (QED) is 0.740. The lowest BCUT2D eigenvalue weighted by Crippen LogP contribution is -2.52. The van der Waals surface area contributed by atoms with Crippen LogP contribution in [0.15, 0.2) is 6.07 Å². The number of amides is 1.